The number of Topliss-reactive ketones (excluding diaryl/α,β-unsaturated/α-hetero) is 1. The number of ketones is 1. The van der Waals surface area contributed by atoms with E-state index >= 15 is 0 Å². The first-order valence-corrected chi connectivity index (χ1v) is 22.0. The van der Waals surface area contributed by atoms with Gasteiger partial charge in [-0.3, -0.25) is 18.9 Å². The molecule has 4 N–H and O–H groups in total. The second-order valence-corrected chi connectivity index (χ2v) is 16.2. The molecular weight excluding hydrogens is 687 g/mol. The molecule has 1 rings (SSSR count). The third-order valence-electron chi connectivity index (χ3n) is 10.2. The van der Waals surface area contributed by atoms with Crippen molar-refractivity contribution in [3.05, 3.63) is 12.2 Å². The number of phosphoric acid groups is 1. The van der Waals surface area contributed by atoms with Crippen LogP contribution in [0.5, 0.6) is 0 Å². The van der Waals surface area contributed by atoms with Crippen molar-refractivity contribution in [3.8, 4) is 0 Å². The molecule has 1 aliphatic rings. The summed E-state index contributed by atoms with van der Waals surface area (Å²) in [4.78, 5) is 55.5. The normalized spacial score (nSPS) is 19.6. The van der Waals surface area contributed by atoms with Crippen molar-refractivity contribution >= 4 is 25.5 Å². The molecule has 12 heteroatoms. The summed E-state index contributed by atoms with van der Waals surface area (Å²) in [7, 11) is -4.82. The Balaban J connectivity index is 2.28. The van der Waals surface area contributed by atoms with Crippen LogP contribution < -0.4 is 0 Å². The minimum atomic E-state index is -4.82. The first kappa shape index (κ1) is 48.4. The van der Waals surface area contributed by atoms with Crippen LogP contribution in [0.2, 0.25) is 0 Å². The molecule has 1 fully saturated rings. The standard InChI is InChI=1S/C40H73O11P/c1-4-6-17-23-33(41)27-28-36-35(37(42)29-38(36)43)24-19-15-16-21-26-40(45)51-34(31-50-52(46,47)48)30-49-39(44)25-20-14-12-10-8-7-9-11-13-18-22-32(3)5-2/h27-28,32-37,41-42H,4-26,29-31H2,1-3H3,(H2,46,47,48)/b28-27+/t32?,33-,34+,35+,36+,37-/m0/s1. The number of carbonyl (C=O) groups is 3. The van der Waals surface area contributed by atoms with Crippen LogP contribution in [0.1, 0.15) is 175 Å². The Hall–Kier alpha value is -1.62. The molecule has 0 amide bonds. The number of aliphatic hydroxyl groups excluding tert-OH is 2. The van der Waals surface area contributed by atoms with E-state index < -0.39 is 50.6 Å². The van der Waals surface area contributed by atoms with Crippen molar-refractivity contribution in [2.45, 2.75) is 193 Å². The van der Waals surface area contributed by atoms with Gasteiger partial charge in [-0.15, -0.1) is 0 Å². The lowest BCUT2D eigenvalue weighted by molar-refractivity contribution is -0.161. The van der Waals surface area contributed by atoms with E-state index in [-0.39, 0.29) is 37.6 Å². The molecule has 0 radical (unpaired) electrons. The average Bonchev–Trinajstić information content (AvgIpc) is 3.37. The topological polar surface area (TPSA) is 177 Å². The average molecular weight is 761 g/mol. The zero-order valence-electron chi connectivity index (χ0n) is 32.6. The summed E-state index contributed by atoms with van der Waals surface area (Å²) < 4.78 is 26.4. The molecule has 0 spiro atoms. The fourth-order valence-corrected chi connectivity index (χ4v) is 7.08. The van der Waals surface area contributed by atoms with Gasteiger partial charge in [0.1, 0.15) is 12.4 Å². The highest BCUT2D eigenvalue weighted by Crippen LogP contribution is 2.36. The van der Waals surface area contributed by atoms with Gasteiger partial charge < -0.3 is 29.5 Å². The predicted octanol–water partition coefficient (Wildman–Crippen LogP) is 8.68. The summed E-state index contributed by atoms with van der Waals surface area (Å²) in [5.41, 5.74) is 0. The monoisotopic (exact) mass is 760 g/mol. The molecule has 1 aliphatic carbocycles. The number of aliphatic hydroxyl groups is 2. The number of hydrogen-bond donors (Lipinski definition) is 4. The lowest BCUT2D eigenvalue weighted by Crippen LogP contribution is -2.29. The number of unbranched alkanes of at least 4 members (excludes halogenated alkanes) is 14. The highest BCUT2D eigenvalue weighted by Gasteiger charge is 2.39. The van der Waals surface area contributed by atoms with E-state index in [1.54, 1.807) is 12.2 Å². The molecule has 11 nitrogen and oxygen atoms in total. The maximum Gasteiger partial charge on any atom is 0.469 e. The summed E-state index contributed by atoms with van der Waals surface area (Å²) in [6, 6.07) is 0. The maximum atomic E-state index is 12.5. The summed E-state index contributed by atoms with van der Waals surface area (Å²) in [6.07, 6.45) is 22.7. The number of phosphoric ester groups is 1. The SMILES string of the molecule is CCCCC[C@H](O)/C=C/[C@H]1C(=O)C[C@H](O)[C@@H]1CCCCCCC(=O)O[C@H](COC(=O)CCCCCCCCCCCCC(C)CC)COP(=O)(O)O. The lowest BCUT2D eigenvalue weighted by atomic mass is 9.88. The second-order valence-electron chi connectivity index (χ2n) is 15.0. The molecule has 1 saturated carbocycles. The summed E-state index contributed by atoms with van der Waals surface area (Å²) in [5.74, 6) is -0.796. The fraction of sp³-hybridized carbons (Fsp3) is 0.875. The van der Waals surface area contributed by atoms with Crippen LogP contribution in [0.4, 0.5) is 0 Å². The highest BCUT2D eigenvalue weighted by atomic mass is 31.2. The quantitative estimate of drug-likeness (QED) is 0.0218. The van der Waals surface area contributed by atoms with Gasteiger partial charge in [0.15, 0.2) is 6.10 Å². The van der Waals surface area contributed by atoms with Gasteiger partial charge in [-0.05, 0) is 37.5 Å². The fourth-order valence-electron chi connectivity index (χ4n) is 6.72. The van der Waals surface area contributed by atoms with Crippen LogP contribution in [0.3, 0.4) is 0 Å². The summed E-state index contributed by atoms with van der Waals surface area (Å²) >= 11 is 0. The van der Waals surface area contributed by atoms with E-state index in [2.05, 4.69) is 25.3 Å². The molecule has 304 valence electrons. The Morgan fingerprint density at radius 1 is 0.808 bits per heavy atom. The molecule has 0 aromatic heterocycles. The smallest absolute Gasteiger partial charge is 0.462 e. The van der Waals surface area contributed by atoms with E-state index in [4.69, 9.17) is 19.3 Å². The highest BCUT2D eigenvalue weighted by molar-refractivity contribution is 7.46. The Kier molecular flexibility index (Phi) is 27.6. The van der Waals surface area contributed by atoms with Crippen molar-refractivity contribution in [2.24, 2.45) is 17.8 Å². The van der Waals surface area contributed by atoms with Crippen LogP contribution in [0.15, 0.2) is 12.2 Å². The van der Waals surface area contributed by atoms with Crippen LogP contribution in [-0.4, -0.2) is 69.2 Å². The van der Waals surface area contributed by atoms with E-state index in [1.807, 2.05) is 0 Å². The van der Waals surface area contributed by atoms with Gasteiger partial charge in [0.25, 0.3) is 0 Å². The van der Waals surface area contributed by atoms with E-state index in [9.17, 15) is 29.2 Å². The molecule has 1 unspecified atom stereocenters. The zero-order valence-corrected chi connectivity index (χ0v) is 33.5. The Bertz CT molecular complexity index is 1030. The van der Waals surface area contributed by atoms with Crippen molar-refractivity contribution in [3.63, 3.8) is 0 Å². The number of esters is 2. The minimum Gasteiger partial charge on any atom is -0.462 e. The molecule has 52 heavy (non-hydrogen) atoms. The number of hydrogen-bond acceptors (Lipinski definition) is 9. The Morgan fingerprint density at radius 2 is 1.37 bits per heavy atom. The predicted molar refractivity (Wildman–Crippen MR) is 203 cm³/mol. The Morgan fingerprint density at radius 3 is 1.96 bits per heavy atom. The molecule has 0 aliphatic heterocycles. The number of allylic oxidation sites excluding steroid dienone is 1. The van der Waals surface area contributed by atoms with Crippen LogP contribution >= 0.6 is 7.82 Å². The molecular formula is C40H73O11P. The molecule has 0 aromatic rings. The van der Waals surface area contributed by atoms with Gasteiger partial charge in [0, 0.05) is 25.2 Å². The van der Waals surface area contributed by atoms with Crippen LogP contribution in [0, 0.1) is 17.8 Å². The maximum absolute atomic E-state index is 12.5. The molecule has 0 heterocycles. The third kappa shape index (κ3) is 25.4. The number of carbonyl (C=O) groups excluding carboxylic acids is 3. The van der Waals surface area contributed by atoms with E-state index in [0.29, 0.717) is 32.1 Å². The molecule has 0 bridgehead atoms. The molecule has 0 aromatic carbocycles. The Labute approximate surface area is 314 Å². The minimum absolute atomic E-state index is 0.00499. The van der Waals surface area contributed by atoms with Gasteiger partial charge in [0.05, 0.1) is 18.8 Å². The van der Waals surface area contributed by atoms with E-state index in [1.165, 1.54) is 51.4 Å². The zero-order chi connectivity index (χ0) is 38.6. The largest absolute Gasteiger partial charge is 0.469 e. The van der Waals surface area contributed by atoms with Gasteiger partial charge >= 0.3 is 19.8 Å². The van der Waals surface area contributed by atoms with Gasteiger partial charge in [-0.25, -0.2) is 4.57 Å². The number of rotatable bonds is 33. The van der Waals surface area contributed by atoms with Crippen molar-refractivity contribution < 1.29 is 52.9 Å². The lowest BCUT2D eigenvalue weighted by Gasteiger charge is -2.19. The van der Waals surface area contributed by atoms with Crippen molar-refractivity contribution in [1.29, 1.82) is 0 Å². The third-order valence-corrected chi connectivity index (χ3v) is 10.7. The summed E-state index contributed by atoms with van der Waals surface area (Å²) in [6.45, 7) is 5.72. The van der Waals surface area contributed by atoms with Gasteiger partial charge in [-0.1, -0.05) is 142 Å². The second kappa shape index (κ2) is 29.7. The van der Waals surface area contributed by atoms with E-state index in [0.717, 1.165) is 57.3 Å². The first-order chi connectivity index (χ1) is 24.9. The number of ether oxygens (including phenoxy) is 2. The van der Waals surface area contributed by atoms with Crippen molar-refractivity contribution in [1.82, 2.24) is 0 Å². The first-order valence-electron chi connectivity index (χ1n) is 20.5. The summed E-state index contributed by atoms with van der Waals surface area (Å²) in [5, 5.41) is 20.7. The molecule has 0 saturated heterocycles. The van der Waals surface area contributed by atoms with Crippen LogP contribution in [-0.2, 0) is 32.9 Å². The van der Waals surface area contributed by atoms with Crippen LogP contribution in [0.25, 0.3) is 0 Å². The van der Waals surface area contributed by atoms with Gasteiger partial charge in [0.2, 0.25) is 0 Å². The van der Waals surface area contributed by atoms with Crippen molar-refractivity contribution in [2.75, 3.05) is 13.2 Å². The molecule has 6 atom stereocenters. The van der Waals surface area contributed by atoms with Gasteiger partial charge in [-0.2, -0.15) is 0 Å².